The van der Waals surface area contributed by atoms with Crippen molar-refractivity contribution in [2.24, 2.45) is 11.5 Å². The summed E-state index contributed by atoms with van der Waals surface area (Å²) in [5.41, 5.74) is 13.7. The molecule has 0 aliphatic heterocycles. The fraction of sp³-hybridized carbons (Fsp3) is 0.400. The van der Waals surface area contributed by atoms with E-state index in [1.54, 1.807) is 0 Å². The highest BCUT2D eigenvalue weighted by Crippen LogP contribution is 2.04. The molecule has 12 heavy (non-hydrogen) atoms. The molecule has 0 saturated heterocycles. The first kappa shape index (κ1) is 9.23. The van der Waals surface area contributed by atoms with Crippen LogP contribution in [0.1, 0.15) is 11.1 Å². The number of hydrogen-bond donors (Lipinski definition) is 2. The van der Waals surface area contributed by atoms with Gasteiger partial charge in [-0.1, -0.05) is 29.8 Å². The van der Waals surface area contributed by atoms with Crippen LogP contribution < -0.4 is 11.5 Å². The van der Waals surface area contributed by atoms with E-state index in [1.165, 1.54) is 11.1 Å². The van der Waals surface area contributed by atoms with Gasteiger partial charge in [0, 0.05) is 12.6 Å². The van der Waals surface area contributed by atoms with Gasteiger partial charge in [-0.15, -0.1) is 0 Å². The molecule has 4 N–H and O–H groups in total. The molecule has 2 nitrogen and oxygen atoms in total. The molecule has 0 heterocycles. The molecule has 0 aliphatic carbocycles. The van der Waals surface area contributed by atoms with E-state index in [1.807, 2.05) is 0 Å². The Hall–Kier alpha value is -0.860. The fourth-order valence-electron chi connectivity index (χ4n) is 1.11. The third kappa shape index (κ3) is 2.64. The predicted molar refractivity (Wildman–Crippen MR) is 51.9 cm³/mol. The molecule has 0 amide bonds. The predicted octanol–water partition coefficient (Wildman–Crippen LogP) is 0.824. The van der Waals surface area contributed by atoms with Crippen LogP contribution in [0, 0.1) is 6.92 Å². The fourth-order valence-corrected chi connectivity index (χ4v) is 1.11. The Kier molecular flexibility index (Phi) is 3.26. The van der Waals surface area contributed by atoms with Crippen LogP contribution in [-0.4, -0.2) is 12.6 Å². The van der Waals surface area contributed by atoms with E-state index in [0.717, 1.165) is 6.42 Å². The topological polar surface area (TPSA) is 52.0 Å². The second-order valence-electron chi connectivity index (χ2n) is 3.19. The van der Waals surface area contributed by atoms with Crippen molar-refractivity contribution in [3.05, 3.63) is 35.4 Å². The quantitative estimate of drug-likeness (QED) is 0.695. The van der Waals surface area contributed by atoms with Crippen LogP contribution in [-0.2, 0) is 6.42 Å². The van der Waals surface area contributed by atoms with Gasteiger partial charge < -0.3 is 11.5 Å². The minimum Gasteiger partial charge on any atom is -0.329 e. The molecule has 0 spiro atoms. The smallest absolute Gasteiger partial charge is 0.0203 e. The summed E-state index contributed by atoms with van der Waals surface area (Å²) in [5.74, 6) is 0. The minimum absolute atomic E-state index is 0.0905. The highest BCUT2D eigenvalue weighted by atomic mass is 14.7. The zero-order valence-electron chi connectivity index (χ0n) is 7.46. The maximum absolute atomic E-state index is 5.72. The zero-order chi connectivity index (χ0) is 8.97. The number of nitrogens with two attached hydrogens (primary N) is 2. The first-order valence-corrected chi connectivity index (χ1v) is 4.23. The van der Waals surface area contributed by atoms with Crippen LogP contribution >= 0.6 is 0 Å². The highest BCUT2D eigenvalue weighted by molar-refractivity contribution is 5.21. The Morgan fingerprint density at radius 2 is 1.83 bits per heavy atom. The lowest BCUT2D eigenvalue weighted by Crippen LogP contribution is -2.31. The Balaban J connectivity index is 2.58. The Morgan fingerprint density at radius 1 is 1.25 bits per heavy atom. The SMILES string of the molecule is Cc1ccc(C[C@H](N)CN)cc1. The van der Waals surface area contributed by atoms with E-state index in [-0.39, 0.29) is 6.04 Å². The number of hydrogen-bond acceptors (Lipinski definition) is 2. The van der Waals surface area contributed by atoms with Crippen molar-refractivity contribution in [1.29, 1.82) is 0 Å². The van der Waals surface area contributed by atoms with Crippen molar-refractivity contribution < 1.29 is 0 Å². The zero-order valence-corrected chi connectivity index (χ0v) is 7.46. The summed E-state index contributed by atoms with van der Waals surface area (Å²) in [6.45, 7) is 2.63. The maximum Gasteiger partial charge on any atom is 0.0203 e. The monoisotopic (exact) mass is 164 g/mol. The second kappa shape index (κ2) is 4.24. The summed E-state index contributed by atoms with van der Waals surface area (Å²) in [5, 5.41) is 0. The molecule has 1 atom stereocenters. The molecular weight excluding hydrogens is 148 g/mol. The van der Waals surface area contributed by atoms with Gasteiger partial charge in [0.15, 0.2) is 0 Å². The lowest BCUT2D eigenvalue weighted by atomic mass is 10.1. The van der Waals surface area contributed by atoms with Crippen molar-refractivity contribution in [3.8, 4) is 0 Å². The third-order valence-electron chi connectivity index (χ3n) is 1.92. The van der Waals surface area contributed by atoms with E-state index >= 15 is 0 Å². The van der Waals surface area contributed by atoms with E-state index in [0.29, 0.717) is 6.54 Å². The van der Waals surface area contributed by atoms with Gasteiger partial charge in [-0.05, 0) is 18.9 Å². The summed E-state index contributed by atoms with van der Waals surface area (Å²) in [6.07, 6.45) is 0.872. The molecule has 2 heteroatoms. The van der Waals surface area contributed by atoms with Crippen molar-refractivity contribution in [2.45, 2.75) is 19.4 Å². The van der Waals surface area contributed by atoms with Gasteiger partial charge in [0.25, 0.3) is 0 Å². The lowest BCUT2D eigenvalue weighted by Gasteiger charge is -2.08. The molecule has 0 aliphatic rings. The van der Waals surface area contributed by atoms with Crippen molar-refractivity contribution in [1.82, 2.24) is 0 Å². The first-order chi connectivity index (χ1) is 5.72. The molecule has 0 unspecified atom stereocenters. The summed E-state index contributed by atoms with van der Waals surface area (Å²) in [7, 11) is 0. The van der Waals surface area contributed by atoms with Crippen LogP contribution in [0.5, 0.6) is 0 Å². The Morgan fingerprint density at radius 3 is 2.33 bits per heavy atom. The standard InChI is InChI=1S/C10H16N2/c1-8-2-4-9(5-3-8)6-10(12)7-11/h2-5,10H,6-7,11-12H2,1H3/t10-/m0/s1. The van der Waals surface area contributed by atoms with Crippen molar-refractivity contribution in [3.63, 3.8) is 0 Å². The largest absolute Gasteiger partial charge is 0.329 e. The molecule has 0 radical (unpaired) electrons. The number of rotatable bonds is 3. The van der Waals surface area contributed by atoms with Gasteiger partial charge >= 0.3 is 0 Å². The summed E-state index contributed by atoms with van der Waals surface area (Å²) >= 11 is 0. The first-order valence-electron chi connectivity index (χ1n) is 4.23. The van der Waals surface area contributed by atoms with Gasteiger partial charge in [-0.3, -0.25) is 0 Å². The molecule has 0 aromatic heterocycles. The summed E-state index contributed by atoms with van der Waals surface area (Å²) < 4.78 is 0. The van der Waals surface area contributed by atoms with Crippen molar-refractivity contribution in [2.75, 3.05) is 6.54 Å². The number of benzene rings is 1. The van der Waals surface area contributed by atoms with Crippen LogP contribution in [0.4, 0.5) is 0 Å². The Bertz CT molecular complexity index is 228. The second-order valence-corrected chi connectivity index (χ2v) is 3.19. The van der Waals surface area contributed by atoms with E-state index in [4.69, 9.17) is 11.5 Å². The van der Waals surface area contributed by atoms with Gasteiger partial charge in [0.1, 0.15) is 0 Å². The molecule has 0 saturated carbocycles. The number of aryl methyl sites for hydroxylation is 1. The van der Waals surface area contributed by atoms with Gasteiger partial charge in [0.05, 0.1) is 0 Å². The third-order valence-corrected chi connectivity index (χ3v) is 1.92. The van der Waals surface area contributed by atoms with E-state index in [9.17, 15) is 0 Å². The van der Waals surface area contributed by atoms with Crippen LogP contribution in [0.25, 0.3) is 0 Å². The molecular formula is C10H16N2. The Labute approximate surface area is 73.6 Å². The van der Waals surface area contributed by atoms with E-state index < -0.39 is 0 Å². The molecule has 0 bridgehead atoms. The summed E-state index contributed by atoms with van der Waals surface area (Å²) in [6, 6.07) is 8.49. The minimum atomic E-state index is 0.0905. The highest BCUT2D eigenvalue weighted by Gasteiger charge is 2.00. The van der Waals surface area contributed by atoms with Gasteiger partial charge in [0.2, 0.25) is 0 Å². The van der Waals surface area contributed by atoms with Crippen LogP contribution in [0.2, 0.25) is 0 Å². The average Bonchev–Trinajstić information content (AvgIpc) is 2.09. The molecule has 1 rings (SSSR count). The maximum atomic E-state index is 5.72. The summed E-state index contributed by atoms with van der Waals surface area (Å²) in [4.78, 5) is 0. The van der Waals surface area contributed by atoms with Crippen LogP contribution in [0.3, 0.4) is 0 Å². The average molecular weight is 164 g/mol. The molecule has 1 aromatic carbocycles. The van der Waals surface area contributed by atoms with Crippen molar-refractivity contribution >= 4 is 0 Å². The van der Waals surface area contributed by atoms with Crippen LogP contribution in [0.15, 0.2) is 24.3 Å². The van der Waals surface area contributed by atoms with E-state index in [2.05, 4.69) is 31.2 Å². The van der Waals surface area contributed by atoms with Gasteiger partial charge in [-0.25, -0.2) is 0 Å². The molecule has 1 aromatic rings. The lowest BCUT2D eigenvalue weighted by molar-refractivity contribution is 0.678. The molecule has 0 fully saturated rings. The normalized spacial score (nSPS) is 12.9. The molecule has 66 valence electrons. The van der Waals surface area contributed by atoms with Gasteiger partial charge in [-0.2, -0.15) is 0 Å².